The summed E-state index contributed by atoms with van der Waals surface area (Å²) < 4.78 is 4.81. The molecule has 2 atom stereocenters. The molecule has 1 aromatic rings. The van der Waals surface area contributed by atoms with Crippen molar-refractivity contribution in [3.05, 3.63) is 30.1 Å². The van der Waals surface area contributed by atoms with Gasteiger partial charge in [-0.25, -0.2) is 4.79 Å². The summed E-state index contributed by atoms with van der Waals surface area (Å²) in [5.74, 6) is -0.132. The van der Waals surface area contributed by atoms with Crippen molar-refractivity contribution < 1.29 is 19.4 Å². The van der Waals surface area contributed by atoms with Crippen LogP contribution in [0, 0.1) is 5.92 Å². The third-order valence-electron chi connectivity index (χ3n) is 4.18. The number of likely N-dealkylation sites (tertiary alicyclic amines) is 1. The summed E-state index contributed by atoms with van der Waals surface area (Å²) in [7, 11) is 0. The second-order valence-electron chi connectivity index (χ2n) is 5.72. The first-order chi connectivity index (χ1) is 10.6. The highest BCUT2D eigenvalue weighted by molar-refractivity contribution is 5.83. The van der Waals surface area contributed by atoms with Crippen LogP contribution in [0.15, 0.2) is 24.5 Å². The summed E-state index contributed by atoms with van der Waals surface area (Å²) in [6.07, 6.45) is 3.17. The highest BCUT2D eigenvalue weighted by Gasteiger charge is 2.35. The van der Waals surface area contributed by atoms with Gasteiger partial charge in [-0.15, -0.1) is 0 Å². The van der Waals surface area contributed by atoms with Gasteiger partial charge in [0.05, 0.1) is 12.6 Å². The third-order valence-corrected chi connectivity index (χ3v) is 4.18. The van der Waals surface area contributed by atoms with Crippen LogP contribution in [0.5, 0.6) is 0 Å². The zero-order valence-electron chi connectivity index (χ0n) is 12.2. The Labute approximate surface area is 128 Å². The van der Waals surface area contributed by atoms with Gasteiger partial charge in [0.2, 0.25) is 5.91 Å². The quantitative estimate of drug-likeness (QED) is 0.839. The molecule has 3 rings (SSSR count). The molecule has 118 valence electrons. The normalized spacial score (nSPS) is 24.7. The molecule has 0 aliphatic carbocycles. The van der Waals surface area contributed by atoms with Crippen molar-refractivity contribution in [3.8, 4) is 0 Å². The summed E-state index contributed by atoms with van der Waals surface area (Å²) in [5.41, 5.74) is 1.09. The number of aliphatic hydroxyl groups excluding tert-OH is 1. The Balaban J connectivity index is 1.55. The number of amides is 2. The fourth-order valence-electron chi connectivity index (χ4n) is 2.91. The van der Waals surface area contributed by atoms with Crippen molar-refractivity contribution in [3.63, 3.8) is 0 Å². The molecule has 0 radical (unpaired) electrons. The van der Waals surface area contributed by atoms with Gasteiger partial charge in [0.15, 0.2) is 0 Å². The van der Waals surface area contributed by atoms with Crippen LogP contribution in [-0.2, 0) is 16.0 Å². The fraction of sp³-hybridized carbons (Fsp3) is 0.533. The van der Waals surface area contributed by atoms with Crippen molar-refractivity contribution in [2.45, 2.75) is 12.5 Å². The molecule has 2 amide bonds. The zero-order chi connectivity index (χ0) is 15.5. The van der Waals surface area contributed by atoms with Gasteiger partial charge < -0.3 is 14.7 Å². The number of rotatable bonds is 4. The summed E-state index contributed by atoms with van der Waals surface area (Å²) >= 11 is 0. The SMILES string of the molecule is O=C(CN1CCOC1=O)N1C[C@@H](Cc2ccncc2)[C@H](O)C1. The van der Waals surface area contributed by atoms with Gasteiger partial charge in [0.25, 0.3) is 0 Å². The molecule has 2 aliphatic rings. The molecule has 0 saturated carbocycles. The molecule has 2 aliphatic heterocycles. The Morgan fingerprint density at radius 2 is 2.14 bits per heavy atom. The van der Waals surface area contributed by atoms with E-state index in [1.165, 1.54) is 4.90 Å². The van der Waals surface area contributed by atoms with Gasteiger partial charge in [0.1, 0.15) is 13.2 Å². The topological polar surface area (TPSA) is 83.0 Å². The molecule has 1 N–H and O–H groups in total. The van der Waals surface area contributed by atoms with E-state index in [1.807, 2.05) is 12.1 Å². The lowest BCUT2D eigenvalue weighted by Gasteiger charge is -2.19. The first-order valence-corrected chi connectivity index (χ1v) is 7.40. The van der Waals surface area contributed by atoms with Crippen molar-refractivity contribution in [1.29, 1.82) is 0 Å². The lowest BCUT2D eigenvalue weighted by Crippen LogP contribution is -2.40. The van der Waals surface area contributed by atoms with Crippen LogP contribution in [0.25, 0.3) is 0 Å². The summed E-state index contributed by atoms with van der Waals surface area (Å²) in [5, 5.41) is 10.2. The monoisotopic (exact) mass is 305 g/mol. The number of hydrogen-bond acceptors (Lipinski definition) is 5. The minimum atomic E-state index is -0.539. The van der Waals surface area contributed by atoms with Crippen LogP contribution in [0.3, 0.4) is 0 Å². The number of ether oxygens (including phenoxy) is 1. The molecule has 0 aromatic carbocycles. The lowest BCUT2D eigenvalue weighted by atomic mass is 9.97. The molecule has 1 aromatic heterocycles. The number of aliphatic hydroxyl groups is 1. The van der Waals surface area contributed by atoms with Gasteiger partial charge in [-0.1, -0.05) is 0 Å². The average Bonchev–Trinajstić information content (AvgIpc) is 3.07. The number of carbonyl (C=O) groups excluding carboxylic acids is 2. The zero-order valence-corrected chi connectivity index (χ0v) is 12.2. The van der Waals surface area contributed by atoms with E-state index < -0.39 is 12.2 Å². The highest BCUT2D eigenvalue weighted by atomic mass is 16.6. The Hall–Kier alpha value is -2.15. The summed E-state index contributed by atoms with van der Waals surface area (Å²) in [4.78, 5) is 30.6. The number of hydrogen-bond donors (Lipinski definition) is 1. The predicted octanol–water partition coefficient (Wildman–Crippen LogP) is -0.104. The van der Waals surface area contributed by atoms with Crippen LogP contribution in [0.2, 0.25) is 0 Å². The third kappa shape index (κ3) is 3.19. The van der Waals surface area contributed by atoms with E-state index in [4.69, 9.17) is 4.74 Å². The standard InChI is InChI=1S/C15H19N3O4/c19-13-9-18(14(20)10-17-5-6-22-15(17)21)8-12(13)7-11-1-3-16-4-2-11/h1-4,12-13,19H,5-10H2/t12-,13-/m1/s1. The largest absolute Gasteiger partial charge is 0.448 e. The summed E-state index contributed by atoms with van der Waals surface area (Å²) in [6.45, 7) is 1.62. The molecule has 22 heavy (non-hydrogen) atoms. The fourth-order valence-corrected chi connectivity index (χ4v) is 2.91. The number of β-amino-alcohol motifs (C(OH)–C–C–N with tert-alkyl or cyclic N) is 1. The van der Waals surface area contributed by atoms with E-state index in [0.717, 1.165) is 5.56 Å². The molecule has 7 nitrogen and oxygen atoms in total. The molecule has 2 saturated heterocycles. The molecule has 0 bridgehead atoms. The first kappa shape index (κ1) is 14.8. The van der Waals surface area contributed by atoms with E-state index in [9.17, 15) is 14.7 Å². The Bertz CT molecular complexity index is 551. The maximum absolute atomic E-state index is 12.2. The van der Waals surface area contributed by atoms with E-state index in [-0.39, 0.29) is 18.4 Å². The van der Waals surface area contributed by atoms with E-state index in [0.29, 0.717) is 32.7 Å². The number of nitrogens with zero attached hydrogens (tertiary/aromatic N) is 3. The minimum absolute atomic E-state index is 0.0110. The van der Waals surface area contributed by atoms with E-state index in [1.54, 1.807) is 17.3 Å². The lowest BCUT2D eigenvalue weighted by molar-refractivity contribution is -0.131. The Kier molecular flexibility index (Phi) is 4.24. The van der Waals surface area contributed by atoms with E-state index >= 15 is 0 Å². The van der Waals surface area contributed by atoms with Crippen LogP contribution in [-0.4, -0.2) is 70.8 Å². The van der Waals surface area contributed by atoms with Crippen molar-refractivity contribution in [1.82, 2.24) is 14.8 Å². The van der Waals surface area contributed by atoms with Crippen LogP contribution >= 0.6 is 0 Å². The van der Waals surface area contributed by atoms with Crippen molar-refractivity contribution in [2.24, 2.45) is 5.92 Å². The second-order valence-corrected chi connectivity index (χ2v) is 5.72. The Morgan fingerprint density at radius 1 is 1.36 bits per heavy atom. The minimum Gasteiger partial charge on any atom is -0.448 e. The van der Waals surface area contributed by atoms with Gasteiger partial charge in [-0.2, -0.15) is 0 Å². The number of cyclic esters (lactones) is 1. The molecule has 7 heteroatoms. The number of carbonyl (C=O) groups is 2. The molecule has 0 unspecified atom stereocenters. The first-order valence-electron chi connectivity index (χ1n) is 7.40. The molecule has 0 spiro atoms. The van der Waals surface area contributed by atoms with Crippen LogP contribution in [0.1, 0.15) is 5.56 Å². The Morgan fingerprint density at radius 3 is 2.82 bits per heavy atom. The van der Waals surface area contributed by atoms with Gasteiger partial charge >= 0.3 is 6.09 Å². The number of pyridine rings is 1. The summed E-state index contributed by atoms with van der Waals surface area (Å²) in [6, 6.07) is 3.83. The van der Waals surface area contributed by atoms with Crippen molar-refractivity contribution in [2.75, 3.05) is 32.8 Å². The van der Waals surface area contributed by atoms with Gasteiger partial charge in [0, 0.05) is 31.4 Å². The van der Waals surface area contributed by atoms with Gasteiger partial charge in [-0.05, 0) is 24.1 Å². The van der Waals surface area contributed by atoms with Crippen LogP contribution < -0.4 is 0 Å². The maximum Gasteiger partial charge on any atom is 0.410 e. The van der Waals surface area contributed by atoms with E-state index in [2.05, 4.69) is 4.98 Å². The molecular weight excluding hydrogens is 286 g/mol. The van der Waals surface area contributed by atoms with Crippen LogP contribution in [0.4, 0.5) is 4.79 Å². The highest BCUT2D eigenvalue weighted by Crippen LogP contribution is 2.21. The predicted molar refractivity (Wildman–Crippen MR) is 76.9 cm³/mol. The van der Waals surface area contributed by atoms with Crippen molar-refractivity contribution >= 4 is 12.0 Å². The molecule has 3 heterocycles. The maximum atomic E-state index is 12.2. The second kappa shape index (κ2) is 6.31. The van der Waals surface area contributed by atoms with Gasteiger partial charge in [-0.3, -0.25) is 14.7 Å². The molecule has 2 fully saturated rings. The smallest absolute Gasteiger partial charge is 0.410 e. The number of aromatic nitrogens is 1. The molecular formula is C15H19N3O4. The average molecular weight is 305 g/mol.